The third-order valence-corrected chi connectivity index (χ3v) is 15.2. The molecule has 2 aliphatic heterocycles. The van der Waals surface area contributed by atoms with Crippen LogP contribution in [0.25, 0.3) is 0 Å². The maximum absolute atomic E-state index is 13.8. The minimum Gasteiger partial charge on any atom is -0.462 e. The molecule has 0 saturated carbocycles. The molecule has 3 rings (SSSR count). The number of anilines is 1. The summed E-state index contributed by atoms with van der Waals surface area (Å²) in [4.78, 5) is 77.8. The number of fused-ring (bicyclic) bond motifs is 3. The number of unbranched alkanes of at least 4 members (excludes halogenated alkanes) is 14. The summed E-state index contributed by atoms with van der Waals surface area (Å²) in [5.74, 6) is -3.87. The van der Waals surface area contributed by atoms with E-state index >= 15 is 0 Å². The zero-order valence-electron chi connectivity index (χ0n) is 43.2. The number of phosphoric ester groups is 2. The van der Waals surface area contributed by atoms with Gasteiger partial charge in [-0.05, 0) is 50.2 Å². The standard InChI is InChI=1S/C51H85N3O17P2/c1-4-5-19-26-40(55)30-31-42-43(56)32-29-39-25-21-17-18-23-28-47(58)69-41(35-66-46(57)27-22-16-14-12-10-8-6-7-9-11-13-15-20-24-38(2)3)36-67-72(62,63)71-73(64,65)68-37-44(49(60)48(42)59)70-50(39)54-34-33-45(52)53-51(54)61/h17,21,29-34,38-42,44,48-50,55,59-60H,4-16,18-20,22-28,35-37H2,1-3H3,(H,62,63)(H,64,65)(H2,52,53,61)/t39-,40-,41+,42-,44+,48-,49+,50+/m0/s1. The number of hydrogen-bond acceptors (Lipinski definition) is 17. The molecule has 0 amide bonds. The number of aliphatic hydroxyl groups is 3. The molecule has 0 radical (unpaired) electrons. The lowest BCUT2D eigenvalue weighted by molar-refractivity contribution is -0.167. The van der Waals surface area contributed by atoms with Crippen molar-refractivity contribution in [2.75, 3.05) is 25.6 Å². The second kappa shape index (κ2) is 35.0. The molecule has 22 heteroatoms. The fourth-order valence-electron chi connectivity index (χ4n) is 8.41. The van der Waals surface area contributed by atoms with Crippen LogP contribution in [0.3, 0.4) is 0 Å². The van der Waals surface area contributed by atoms with Crippen LogP contribution >= 0.6 is 15.6 Å². The molecule has 20 nitrogen and oxygen atoms in total. The van der Waals surface area contributed by atoms with Crippen LogP contribution in [0, 0.1) is 17.8 Å². The smallest absolute Gasteiger partial charge is 0.462 e. The Morgan fingerprint density at radius 2 is 1.49 bits per heavy atom. The summed E-state index contributed by atoms with van der Waals surface area (Å²) < 4.78 is 59.0. The van der Waals surface area contributed by atoms with E-state index in [2.05, 4.69) is 23.1 Å². The summed E-state index contributed by atoms with van der Waals surface area (Å²) in [5.41, 5.74) is 4.83. The molecule has 2 bridgehead atoms. The number of allylic oxidation sites excluding steroid dienone is 3. The predicted octanol–water partition coefficient (Wildman–Crippen LogP) is 8.64. The number of hydrogen-bond donors (Lipinski definition) is 6. The van der Waals surface area contributed by atoms with Gasteiger partial charge in [0.2, 0.25) is 0 Å². The zero-order chi connectivity index (χ0) is 53.7. The van der Waals surface area contributed by atoms with Crippen molar-refractivity contribution in [1.29, 1.82) is 0 Å². The van der Waals surface area contributed by atoms with E-state index in [0.29, 0.717) is 25.7 Å². The van der Waals surface area contributed by atoms with Crippen molar-refractivity contribution in [2.45, 2.75) is 205 Å². The molecule has 0 aliphatic carbocycles. The molecular weight excluding hydrogens is 989 g/mol. The van der Waals surface area contributed by atoms with Crippen LogP contribution in [0.4, 0.5) is 5.82 Å². The normalized spacial score (nSPS) is 27.8. The minimum atomic E-state index is -5.67. The minimum absolute atomic E-state index is 0.0533. The van der Waals surface area contributed by atoms with Crippen molar-refractivity contribution in [2.24, 2.45) is 17.8 Å². The van der Waals surface area contributed by atoms with Gasteiger partial charge in [-0.1, -0.05) is 154 Å². The Kier molecular flexibility index (Phi) is 30.7. The third kappa shape index (κ3) is 26.8. The van der Waals surface area contributed by atoms with E-state index in [1.165, 1.54) is 88.3 Å². The summed E-state index contributed by atoms with van der Waals surface area (Å²) in [6.45, 7) is 3.89. The average Bonchev–Trinajstić information content (AvgIpc) is 3.32. The molecule has 2 aliphatic rings. The maximum atomic E-state index is 13.8. The lowest BCUT2D eigenvalue weighted by atomic mass is 9.88. The highest BCUT2D eigenvalue weighted by Gasteiger charge is 2.42. The molecular formula is C51H85N3O17P2. The molecule has 1 aromatic heterocycles. The van der Waals surface area contributed by atoms with Gasteiger partial charge < -0.3 is 45.1 Å². The van der Waals surface area contributed by atoms with Crippen molar-refractivity contribution in [1.82, 2.24) is 9.55 Å². The molecule has 10 atom stereocenters. The Morgan fingerprint density at radius 1 is 0.877 bits per heavy atom. The number of esters is 2. The van der Waals surface area contributed by atoms with Crippen LogP contribution in [0.5, 0.6) is 0 Å². The summed E-state index contributed by atoms with van der Waals surface area (Å²) in [7, 11) is -11.2. The van der Waals surface area contributed by atoms with E-state index in [9.17, 15) is 53.4 Å². The molecule has 0 saturated heterocycles. The molecule has 0 aromatic carbocycles. The van der Waals surface area contributed by atoms with Gasteiger partial charge in [0.1, 0.15) is 30.9 Å². The van der Waals surface area contributed by atoms with Gasteiger partial charge in [-0.2, -0.15) is 9.29 Å². The Labute approximate surface area is 431 Å². The van der Waals surface area contributed by atoms with Crippen LogP contribution in [-0.2, 0) is 51.1 Å². The Balaban J connectivity index is 1.72. The number of nitrogens with two attached hydrogens (primary N) is 1. The Morgan fingerprint density at radius 3 is 2.12 bits per heavy atom. The first-order valence-corrected chi connectivity index (χ1v) is 29.4. The second-order valence-corrected chi connectivity index (χ2v) is 22.6. The maximum Gasteiger partial charge on any atom is 0.481 e. The topological polar surface area (TPSA) is 303 Å². The van der Waals surface area contributed by atoms with Gasteiger partial charge >= 0.3 is 33.3 Å². The number of ether oxygens (including phenoxy) is 3. The second-order valence-electron chi connectivity index (χ2n) is 19.5. The fraction of sp³-hybridized carbons (Fsp3) is 0.745. The van der Waals surface area contributed by atoms with E-state index in [1.807, 2.05) is 6.92 Å². The van der Waals surface area contributed by atoms with E-state index in [-0.39, 0.29) is 31.5 Å². The zero-order valence-corrected chi connectivity index (χ0v) is 45.0. The summed E-state index contributed by atoms with van der Waals surface area (Å²) >= 11 is 0. The highest BCUT2D eigenvalue weighted by atomic mass is 31.3. The number of ketones is 1. The van der Waals surface area contributed by atoms with E-state index in [4.69, 9.17) is 29.0 Å². The SMILES string of the molecule is CCCCC[C@H](O)C=C[C@H]1C(=O)C=C[C@@H]2CC=CCCCC(=O)O[C@H](COC(=O)CCCCCCCCCCCCCCCC(C)C)COP(=O)(O)OP(=O)(O)OC[C@@H](O[C@H]2n2ccc(N)nc2=O)[C@@H](O)[C@H]1O. The Hall–Kier alpha value is -3.39. The van der Waals surface area contributed by atoms with Gasteiger partial charge in [-0.15, -0.1) is 0 Å². The van der Waals surface area contributed by atoms with Gasteiger partial charge in [0, 0.05) is 25.0 Å². The van der Waals surface area contributed by atoms with E-state index < -0.39 is 107 Å². The summed E-state index contributed by atoms with van der Waals surface area (Å²) in [6.07, 6.45) is 19.3. The molecule has 2 unspecified atom stereocenters. The number of carbonyl (C=O) groups is 3. The third-order valence-electron chi connectivity index (χ3n) is 12.6. The number of cyclic esters (lactones) is 1. The lowest BCUT2D eigenvalue weighted by Crippen LogP contribution is -2.49. The van der Waals surface area contributed by atoms with Crippen molar-refractivity contribution >= 4 is 39.2 Å². The van der Waals surface area contributed by atoms with Crippen LogP contribution in [0.15, 0.2) is 53.5 Å². The quantitative estimate of drug-likeness (QED) is 0.0231. The van der Waals surface area contributed by atoms with Crippen LogP contribution in [0.1, 0.15) is 175 Å². The molecule has 416 valence electrons. The molecule has 73 heavy (non-hydrogen) atoms. The van der Waals surface area contributed by atoms with E-state index in [1.54, 1.807) is 12.2 Å². The number of aromatic nitrogens is 2. The highest BCUT2D eigenvalue weighted by molar-refractivity contribution is 7.61. The number of phosphoric acid groups is 2. The first-order valence-electron chi connectivity index (χ1n) is 26.4. The predicted molar refractivity (Wildman–Crippen MR) is 274 cm³/mol. The van der Waals surface area contributed by atoms with Gasteiger partial charge in [-0.3, -0.25) is 28.0 Å². The van der Waals surface area contributed by atoms with Gasteiger partial charge in [-0.25, -0.2) is 13.9 Å². The van der Waals surface area contributed by atoms with Crippen LogP contribution in [-0.4, -0.2) is 103 Å². The highest BCUT2D eigenvalue weighted by Crippen LogP contribution is 2.60. The number of nitrogen functional groups attached to an aromatic ring is 1. The molecule has 7 N–H and O–H groups in total. The monoisotopic (exact) mass is 1070 g/mol. The van der Waals surface area contributed by atoms with Crippen molar-refractivity contribution in [3.05, 3.63) is 59.2 Å². The van der Waals surface area contributed by atoms with Crippen molar-refractivity contribution in [3.63, 3.8) is 0 Å². The van der Waals surface area contributed by atoms with Crippen LogP contribution < -0.4 is 11.4 Å². The molecule has 1 aromatic rings. The number of carbonyl (C=O) groups excluding carboxylic acids is 3. The Bertz CT molecular complexity index is 2030. The summed E-state index contributed by atoms with van der Waals surface area (Å²) in [5, 5.41) is 33.8. The molecule has 0 fully saturated rings. The van der Waals surface area contributed by atoms with Gasteiger partial charge in [0.15, 0.2) is 11.9 Å². The molecule has 0 spiro atoms. The van der Waals surface area contributed by atoms with Crippen molar-refractivity contribution < 1.29 is 76.2 Å². The van der Waals surface area contributed by atoms with E-state index in [0.717, 1.165) is 55.1 Å². The average molecular weight is 1070 g/mol. The first-order chi connectivity index (χ1) is 34.8. The van der Waals surface area contributed by atoms with Crippen LogP contribution in [0.2, 0.25) is 0 Å². The molecule has 3 heterocycles. The largest absolute Gasteiger partial charge is 0.481 e. The number of rotatable bonds is 25. The summed E-state index contributed by atoms with van der Waals surface area (Å²) in [6, 6.07) is 1.28. The first kappa shape index (κ1) is 63.9. The van der Waals surface area contributed by atoms with Gasteiger partial charge in [0.05, 0.1) is 31.3 Å². The van der Waals surface area contributed by atoms with Gasteiger partial charge in [0.25, 0.3) is 0 Å². The lowest BCUT2D eigenvalue weighted by Gasteiger charge is -2.36. The number of aliphatic hydroxyl groups excluding tert-OH is 3. The van der Waals surface area contributed by atoms with Crippen molar-refractivity contribution in [3.8, 4) is 0 Å². The fourth-order valence-corrected chi connectivity index (χ4v) is 10.5. The number of nitrogens with zero attached hydrogens (tertiary/aromatic N) is 2.